The van der Waals surface area contributed by atoms with E-state index in [1.807, 2.05) is 54.6 Å². The van der Waals surface area contributed by atoms with E-state index < -0.39 is 5.97 Å². The van der Waals surface area contributed by atoms with Gasteiger partial charge >= 0.3 is 12.0 Å². The highest BCUT2D eigenvalue weighted by Crippen LogP contribution is 2.37. The van der Waals surface area contributed by atoms with Crippen molar-refractivity contribution in [3.05, 3.63) is 70.0 Å². The van der Waals surface area contributed by atoms with Crippen LogP contribution >= 0.6 is 27.3 Å². The number of rotatable bonds is 5. The van der Waals surface area contributed by atoms with Gasteiger partial charge in [-0.1, -0.05) is 63.6 Å². The quantitative estimate of drug-likeness (QED) is 0.414. The molecular formula is C19H12BrN3O3S. The van der Waals surface area contributed by atoms with Gasteiger partial charge in [-0.2, -0.15) is 4.98 Å². The molecule has 0 unspecified atom stereocenters. The lowest BCUT2D eigenvalue weighted by Crippen LogP contribution is -2.01. The normalized spacial score (nSPS) is 10.7. The Hall–Kier alpha value is -2.97. The lowest BCUT2D eigenvalue weighted by Gasteiger charge is -2.04. The van der Waals surface area contributed by atoms with Gasteiger partial charge < -0.3 is 14.9 Å². The molecule has 2 aromatic carbocycles. The van der Waals surface area contributed by atoms with Crippen molar-refractivity contribution < 1.29 is 14.4 Å². The number of thiophene rings is 1. The van der Waals surface area contributed by atoms with Crippen molar-refractivity contribution in [3.8, 4) is 21.8 Å². The number of carboxylic acids is 1. The molecular weight excluding hydrogens is 430 g/mol. The largest absolute Gasteiger partial charge is 0.478 e. The summed E-state index contributed by atoms with van der Waals surface area (Å²) in [6, 6.07) is 17.0. The van der Waals surface area contributed by atoms with E-state index in [0.717, 1.165) is 15.6 Å². The minimum atomic E-state index is -1.03. The first-order valence-electron chi connectivity index (χ1n) is 7.88. The van der Waals surface area contributed by atoms with Crippen LogP contribution in [0.25, 0.3) is 21.8 Å². The molecule has 6 nitrogen and oxygen atoms in total. The van der Waals surface area contributed by atoms with Crippen LogP contribution in [-0.2, 0) is 0 Å². The highest BCUT2D eigenvalue weighted by molar-refractivity contribution is 9.10. The van der Waals surface area contributed by atoms with Crippen LogP contribution in [0.15, 0.2) is 69.0 Å². The Morgan fingerprint density at radius 1 is 1.07 bits per heavy atom. The number of aromatic carboxylic acids is 1. The molecule has 4 aromatic rings. The monoisotopic (exact) mass is 441 g/mol. The molecule has 0 saturated heterocycles. The third-order valence-electron chi connectivity index (χ3n) is 3.81. The first-order chi connectivity index (χ1) is 13.1. The van der Waals surface area contributed by atoms with Crippen molar-refractivity contribution in [1.29, 1.82) is 0 Å². The third-order valence-corrected chi connectivity index (χ3v) is 5.37. The third kappa shape index (κ3) is 3.62. The zero-order valence-corrected chi connectivity index (χ0v) is 16.1. The van der Waals surface area contributed by atoms with E-state index in [-0.39, 0.29) is 11.6 Å². The number of hydrogen-bond acceptors (Lipinski definition) is 6. The zero-order valence-electron chi connectivity index (χ0n) is 13.7. The minimum Gasteiger partial charge on any atom is -0.478 e. The summed E-state index contributed by atoms with van der Waals surface area (Å²) in [6.07, 6.45) is 0. The molecule has 0 spiro atoms. The predicted molar refractivity (Wildman–Crippen MR) is 107 cm³/mol. The summed E-state index contributed by atoms with van der Waals surface area (Å²) in [5, 5.41) is 18.3. The molecule has 0 aliphatic heterocycles. The van der Waals surface area contributed by atoms with Gasteiger partial charge in [0, 0.05) is 15.4 Å². The van der Waals surface area contributed by atoms with E-state index in [1.165, 1.54) is 11.3 Å². The minimum absolute atomic E-state index is 0.136. The SMILES string of the molecule is O=C(O)c1c(Nc2nc(-c3ccccc3)no2)csc1-c1ccc(Br)cc1. The number of anilines is 2. The van der Waals surface area contributed by atoms with Gasteiger partial charge in [0.15, 0.2) is 0 Å². The molecule has 0 aliphatic carbocycles. The number of benzene rings is 2. The number of nitrogens with zero attached hydrogens (tertiary/aromatic N) is 2. The summed E-state index contributed by atoms with van der Waals surface area (Å²) < 4.78 is 6.15. The number of halogens is 1. The lowest BCUT2D eigenvalue weighted by atomic mass is 10.1. The molecule has 2 aromatic heterocycles. The van der Waals surface area contributed by atoms with E-state index in [0.29, 0.717) is 16.4 Å². The van der Waals surface area contributed by atoms with Gasteiger partial charge in [0.25, 0.3) is 0 Å². The molecule has 0 fully saturated rings. The van der Waals surface area contributed by atoms with Gasteiger partial charge in [-0.15, -0.1) is 11.3 Å². The maximum Gasteiger partial charge on any atom is 0.339 e. The fraction of sp³-hybridized carbons (Fsp3) is 0. The maximum atomic E-state index is 11.9. The van der Waals surface area contributed by atoms with Crippen LogP contribution in [0.1, 0.15) is 10.4 Å². The smallest absolute Gasteiger partial charge is 0.339 e. The molecule has 27 heavy (non-hydrogen) atoms. The molecule has 134 valence electrons. The fourth-order valence-electron chi connectivity index (χ4n) is 2.57. The van der Waals surface area contributed by atoms with Crippen LogP contribution < -0.4 is 5.32 Å². The Morgan fingerprint density at radius 2 is 1.81 bits per heavy atom. The number of carbonyl (C=O) groups is 1. The Balaban J connectivity index is 1.66. The standard InChI is InChI=1S/C19H12BrN3O3S/c20-13-8-6-11(7-9-13)16-15(18(24)25)14(10-27-16)21-19-22-17(23-26-19)12-4-2-1-3-5-12/h1-10H,(H,24,25)(H,21,22,23). The van der Waals surface area contributed by atoms with E-state index in [1.54, 1.807) is 5.38 Å². The van der Waals surface area contributed by atoms with Gasteiger partial charge in [-0.05, 0) is 17.7 Å². The van der Waals surface area contributed by atoms with Gasteiger partial charge in [0.2, 0.25) is 5.82 Å². The van der Waals surface area contributed by atoms with Gasteiger partial charge in [0.1, 0.15) is 5.56 Å². The average Bonchev–Trinajstić information content (AvgIpc) is 3.31. The Bertz CT molecular complexity index is 1090. The molecule has 4 rings (SSSR count). The summed E-state index contributed by atoms with van der Waals surface area (Å²) in [6.45, 7) is 0. The van der Waals surface area contributed by atoms with E-state index in [4.69, 9.17) is 4.52 Å². The lowest BCUT2D eigenvalue weighted by molar-refractivity contribution is 0.0699. The van der Waals surface area contributed by atoms with Crippen LogP contribution in [0.5, 0.6) is 0 Å². The number of aromatic nitrogens is 2. The second-order valence-corrected chi connectivity index (χ2v) is 7.38. The van der Waals surface area contributed by atoms with Gasteiger partial charge in [-0.25, -0.2) is 4.79 Å². The van der Waals surface area contributed by atoms with Crippen molar-refractivity contribution >= 4 is 44.9 Å². The maximum absolute atomic E-state index is 11.9. The molecule has 0 bridgehead atoms. The number of carboxylic acid groups (broad SMARTS) is 1. The van der Waals surface area contributed by atoms with Crippen LogP contribution in [0.3, 0.4) is 0 Å². The second-order valence-electron chi connectivity index (χ2n) is 5.58. The molecule has 0 aliphatic rings. The first kappa shape index (κ1) is 17.4. The summed E-state index contributed by atoms with van der Waals surface area (Å²) in [5.41, 5.74) is 2.22. The van der Waals surface area contributed by atoms with Crippen molar-refractivity contribution in [2.75, 3.05) is 5.32 Å². The molecule has 2 heterocycles. The number of nitrogens with one attached hydrogen (secondary N) is 1. The van der Waals surface area contributed by atoms with Crippen LogP contribution in [-0.4, -0.2) is 21.2 Å². The van der Waals surface area contributed by atoms with Crippen molar-refractivity contribution in [1.82, 2.24) is 10.1 Å². The fourth-order valence-corrected chi connectivity index (χ4v) is 3.83. The van der Waals surface area contributed by atoms with E-state index in [2.05, 4.69) is 31.4 Å². The van der Waals surface area contributed by atoms with Crippen molar-refractivity contribution in [2.45, 2.75) is 0 Å². The Kier molecular flexibility index (Phi) is 4.74. The van der Waals surface area contributed by atoms with Crippen LogP contribution in [0, 0.1) is 0 Å². The summed E-state index contributed by atoms with van der Waals surface area (Å²) in [7, 11) is 0. The van der Waals surface area contributed by atoms with Gasteiger partial charge in [-0.3, -0.25) is 0 Å². The van der Waals surface area contributed by atoms with Crippen LogP contribution in [0.2, 0.25) is 0 Å². The Labute approximate surface area is 166 Å². The Morgan fingerprint density at radius 3 is 2.52 bits per heavy atom. The van der Waals surface area contributed by atoms with E-state index in [9.17, 15) is 9.90 Å². The highest BCUT2D eigenvalue weighted by atomic mass is 79.9. The van der Waals surface area contributed by atoms with Crippen molar-refractivity contribution in [3.63, 3.8) is 0 Å². The summed E-state index contributed by atoms with van der Waals surface area (Å²) in [4.78, 5) is 16.8. The molecule has 0 atom stereocenters. The van der Waals surface area contributed by atoms with Crippen LogP contribution in [0.4, 0.5) is 11.7 Å². The summed E-state index contributed by atoms with van der Waals surface area (Å²) in [5.74, 6) is -0.599. The predicted octanol–water partition coefficient (Wildman–Crippen LogP) is 5.67. The molecule has 0 amide bonds. The second kappa shape index (κ2) is 7.34. The zero-order chi connectivity index (χ0) is 18.8. The average molecular weight is 442 g/mol. The topological polar surface area (TPSA) is 88.2 Å². The molecule has 0 radical (unpaired) electrons. The summed E-state index contributed by atoms with van der Waals surface area (Å²) >= 11 is 4.72. The first-order valence-corrected chi connectivity index (χ1v) is 9.56. The molecule has 2 N–H and O–H groups in total. The highest BCUT2D eigenvalue weighted by Gasteiger charge is 2.21. The van der Waals surface area contributed by atoms with Gasteiger partial charge in [0.05, 0.1) is 10.6 Å². The molecule has 8 heteroatoms. The molecule has 0 saturated carbocycles. The number of hydrogen-bond donors (Lipinski definition) is 2. The van der Waals surface area contributed by atoms with Crippen molar-refractivity contribution in [2.24, 2.45) is 0 Å². The van der Waals surface area contributed by atoms with E-state index >= 15 is 0 Å².